The van der Waals surface area contributed by atoms with Crippen LogP contribution in [0.4, 0.5) is 0 Å². The second-order valence-electron chi connectivity index (χ2n) is 6.87. The molecule has 4 rings (SSSR count). The maximum Gasteiger partial charge on any atom is 0.118 e. The molecule has 0 saturated carbocycles. The van der Waals surface area contributed by atoms with E-state index in [2.05, 4.69) is 95.6 Å². The Morgan fingerprint density at radius 2 is 1.59 bits per heavy atom. The zero-order valence-corrected chi connectivity index (χ0v) is 16.5. The number of benzene rings is 3. The number of para-hydroxylation sites is 1. The predicted octanol–water partition coefficient (Wildman–Crippen LogP) is 5.84. The van der Waals surface area contributed by atoms with Gasteiger partial charge >= 0.3 is 0 Å². The average molecular weight is 374 g/mol. The van der Waals surface area contributed by atoms with Gasteiger partial charge in [0.1, 0.15) is 10.4 Å². The Morgan fingerprint density at radius 1 is 0.889 bits per heavy atom. The first kappa shape index (κ1) is 17.8. The number of fused-ring (bicyclic) bond motifs is 1. The smallest absolute Gasteiger partial charge is 0.118 e. The molecule has 0 amide bonds. The lowest BCUT2D eigenvalue weighted by molar-refractivity contribution is 0.387. The van der Waals surface area contributed by atoms with Crippen LogP contribution >= 0.6 is 11.8 Å². The molecular weight excluding hydrogens is 350 g/mol. The molecule has 0 radical (unpaired) electrons. The normalized spacial score (nSPS) is 13.6. The first-order valence-electron chi connectivity index (χ1n) is 9.31. The van der Waals surface area contributed by atoms with E-state index in [-0.39, 0.29) is 4.87 Å². The van der Waals surface area contributed by atoms with Crippen LogP contribution < -0.4 is 0 Å². The highest BCUT2D eigenvalue weighted by atomic mass is 32.2. The number of aromatic nitrogens is 3. The Balaban J connectivity index is 1.83. The molecule has 0 fully saturated rings. The van der Waals surface area contributed by atoms with Crippen molar-refractivity contribution in [3.63, 3.8) is 0 Å². The van der Waals surface area contributed by atoms with Crippen LogP contribution in [0, 0.1) is 6.92 Å². The summed E-state index contributed by atoms with van der Waals surface area (Å²) >= 11 is 1.87. The summed E-state index contributed by atoms with van der Waals surface area (Å²) in [5.74, 6) is 0. The van der Waals surface area contributed by atoms with Crippen molar-refractivity contribution in [2.45, 2.75) is 36.5 Å². The Bertz CT molecular complexity index is 1020. The number of thioether (sulfide) groups is 1. The molecule has 0 aliphatic carbocycles. The standard InChI is InChI=1S/C23H23N3S/c1-3-23(17-19-9-5-4-6-10-19,27-20-15-13-18(2)14-16-20)26-22-12-8-7-11-21(22)24-25-26/h4-16H,3,17H2,1-2H3. The summed E-state index contributed by atoms with van der Waals surface area (Å²) in [4.78, 5) is 1.00. The van der Waals surface area contributed by atoms with Crippen LogP contribution in [0.2, 0.25) is 0 Å². The van der Waals surface area contributed by atoms with Crippen molar-refractivity contribution in [1.29, 1.82) is 0 Å². The molecule has 3 nitrogen and oxygen atoms in total. The topological polar surface area (TPSA) is 30.7 Å². The van der Waals surface area contributed by atoms with E-state index in [1.165, 1.54) is 16.0 Å². The first-order valence-corrected chi connectivity index (χ1v) is 10.1. The van der Waals surface area contributed by atoms with Crippen molar-refractivity contribution in [2.75, 3.05) is 0 Å². The quantitative estimate of drug-likeness (QED) is 0.398. The fourth-order valence-corrected chi connectivity index (χ4v) is 4.73. The van der Waals surface area contributed by atoms with Gasteiger partial charge in [-0.15, -0.1) is 5.10 Å². The molecule has 4 aromatic rings. The summed E-state index contributed by atoms with van der Waals surface area (Å²) in [6, 6.07) is 27.6. The molecule has 4 heteroatoms. The van der Waals surface area contributed by atoms with Gasteiger partial charge in [-0.25, -0.2) is 4.68 Å². The van der Waals surface area contributed by atoms with Crippen molar-refractivity contribution < 1.29 is 0 Å². The summed E-state index contributed by atoms with van der Waals surface area (Å²) in [6.45, 7) is 4.36. The molecule has 0 aliphatic heterocycles. The van der Waals surface area contributed by atoms with Crippen LogP contribution in [0.25, 0.3) is 11.0 Å². The maximum absolute atomic E-state index is 4.59. The van der Waals surface area contributed by atoms with Crippen LogP contribution in [0.15, 0.2) is 83.8 Å². The molecule has 1 heterocycles. The third-order valence-corrected chi connectivity index (χ3v) is 6.44. The van der Waals surface area contributed by atoms with E-state index in [1.807, 2.05) is 23.9 Å². The third kappa shape index (κ3) is 3.62. The van der Waals surface area contributed by atoms with Crippen molar-refractivity contribution >= 4 is 22.8 Å². The van der Waals surface area contributed by atoms with Gasteiger partial charge in [0.2, 0.25) is 0 Å². The molecule has 0 aliphatic rings. The van der Waals surface area contributed by atoms with Crippen molar-refractivity contribution in [3.8, 4) is 0 Å². The predicted molar refractivity (Wildman–Crippen MR) is 113 cm³/mol. The second-order valence-corrected chi connectivity index (χ2v) is 8.30. The summed E-state index contributed by atoms with van der Waals surface area (Å²) < 4.78 is 2.12. The number of nitrogens with zero attached hydrogens (tertiary/aromatic N) is 3. The highest BCUT2D eigenvalue weighted by Gasteiger charge is 2.34. The summed E-state index contributed by atoms with van der Waals surface area (Å²) in [5, 5.41) is 9.02. The van der Waals surface area contributed by atoms with Gasteiger partial charge in [0.25, 0.3) is 0 Å². The molecule has 0 saturated heterocycles. The van der Waals surface area contributed by atoms with Gasteiger partial charge in [0.15, 0.2) is 0 Å². The number of aryl methyl sites for hydroxylation is 1. The Kier molecular flexibility index (Phi) is 4.99. The van der Waals surface area contributed by atoms with Crippen LogP contribution in [-0.4, -0.2) is 15.0 Å². The maximum atomic E-state index is 4.59. The van der Waals surface area contributed by atoms with E-state index >= 15 is 0 Å². The lowest BCUT2D eigenvalue weighted by Crippen LogP contribution is -2.33. The monoisotopic (exact) mass is 373 g/mol. The highest BCUT2D eigenvalue weighted by molar-refractivity contribution is 8.00. The average Bonchev–Trinajstić information content (AvgIpc) is 3.15. The van der Waals surface area contributed by atoms with E-state index in [9.17, 15) is 0 Å². The van der Waals surface area contributed by atoms with Crippen molar-refractivity contribution in [1.82, 2.24) is 15.0 Å². The molecule has 27 heavy (non-hydrogen) atoms. The highest BCUT2D eigenvalue weighted by Crippen LogP contribution is 2.43. The van der Waals surface area contributed by atoms with E-state index in [4.69, 9.17) is 0 Å². The molecular formula is C23H23N3S. The molecule has 136 valence electrons. The van der Waals surface area contributed by atoms with E-state index < -0.39 is 0 Å². The van der Waals surface area contributed by atoms with Crippen molar-refractivity contribution in [2.24, 2.45) is 0 Å². The zero-order valence-electron chi connectivity index (χ0n) is 15.7. The van der Waals surface area contributed by atoms with Crippen LogP contribution in [0.3, 0.4) is 0 Å². The zero-order chi connectivity index (χ0) is 18.7. The SMILES string of the molecule is CCC(Cc1ccccc1)(Sc1ccc(C)cc1)n1nnc2ccccc21. The molecule has 3 aromatic carbocycles. The van der Waals surface area contributed by atoms with Crippen LogP contribution in [0.1, 0.15) is 24.5 Å². The van der Waals surface area contributed by atoms with Gasteiger partial charge < -0.3 is 0 Å². The third-order valence-electron chi connectivity index (χ3n) is 4.94. The van der Waals surface area contributed by atoms with Crippen LogP contribution in [0.5, 0.6) is 0 Å². The van der Waals surface area contributed by atoms with Gasteiger partial charge in [-0.1, -0.05) is 84.1 Å². The largest absolute Gasteiger partial charge is 0.228 e. The molecule has 1 aromatic heterocycles. The summed E-state index contributed by atoms with van der Waals surface area (Å²) in [5.41, 5.74) is 4.59. The fraction of sp³-hybridized carbons (Fsp3) is 0.217. The molecule has 1 atom stereocenters. The number of hydrogen-bond acceptors (Lipinski definition) is 3. The number of rotatable bonds is 6. The Labute approximate surface area is 164 Å². The molecule has 0 spiro atoms. The number of hydrogen-bond donors (Lipinski definition) is 0. The minimum absolute atomic E-state index is 0.243. The lowest BCUT2D eigenvalue weighted by Gasteiger charge is -2.33. The van der Waals surface area contributed by atoms with Gasteiger partial charge in [-0.05, 0) is 43.2 Å². The van der Waals surface area contributed by atoms with E-state index in [0.717, 1.165) is 23.9 Å². The molecule has 1 unspecified atom stereocenters. The van der Waals surface area contributed by atoms with Gasteiger partial charge in [0, 0.05) is 11.3 Å². The van der Waals surface area contributed by atoms with Gasteiger partial charge in [0.05, 0.1) is 5.52 Å². The minimum atomic E-state index is -0.243. The first-order chi connectivity index (χ1) is 13.2. The van der Waals surface area contributed by atoms with E-state index in [0.29, 0.717) is 0 Å². The van der Waals surface area contributed by atoms with Crippen molar-refractivity contribution in [3.05, 3.63) is 90.0 Å². The molecule has 0 bridgehead atoms. The van der Waals surface area contributed by atoms with E-state index in [1.54, 1.807) is 0 Å². The Hall–Kier alpha value is -2.59. The summed E-state index contributed by atoms with van der Waals surface area (Å²) in [6.07, 6.45) is 1.82. The van der Waals surface area contributed by atoms with Gasteiger partial charge in [-0.3, -0.25) is 0 Å². The Morgan fingerprint density at radius 3 is 2.33 bits per heavy atom. The molecule has 0 N–H and O–H groups in total. The van der Waals surface area contributed by atoms with Crippen LogP contribution in [-0.2, 0) is 11.3 Å². The lowest BCUT2D eigenvalue weighted by atomic mass is 10.0. The van der Waals surface area contributed by atoms with Gasteiger partial charge in [-0.2, -0.15) is 0 Å². The summed E-state index contributed by atoms with van der Waals surface area (Å²) in [7, 11) is 0. The minimum Gasteiger partial charge on any atom is -0.228 e. The second kappa shape index (κ2) is 7.57. The fourth-order valence-electron chi connectivity index (χ4n) is 3.41.